The predicted molar refractivity (Wildman–Crippen MR) is 247 cm³/mol. The summed E-state index contributed by atoms with van der Waals surface area (Å²) in [5, 5.41) is 15.0. The Morgan fingerprint density at radius 2 is 1.38 bits per heavy atom. The van der Waals surface area contributed by atoms with E-state index in [-0.39, 0.29) is 90.2 Å². The van der Waals surface area contributed by atoms with Crippen LogP contribution in [0.15, 0.2) is 128 Å². The summed E-state index contributed by atoms with van der Waals surface area (Å²) in [7, 11) is -4.64. The molecule has 21 heteroatoms. The zero-order chi connectivity index (χ0) is 48.3. The molecule has 3 aromatic carbocycles. The summed E-state index contributed by atoms with van der Waals surface area (Å²) >= 11 is 0. The molecule has 4 amide bonds. The predicted octanol–water partition coefficient (Wildman–Crippen LogP) is 4.67. The van der Waals surface area contributed by atoms with E-state index in [0.717, 1.165) is 33.2 Å². The van der Waals surface area contributed by atoms with Crippen LogP contribution < -0.4 is 10.6 Å². The molecule has 69 heavy (non-hydrogen) atoms. The molecule has 5 heterocycles. The molecule has 4 aromatic heterocycles. The Bertz CT molecular complexity index is 2840. The van der Waals surface area contributed by atoms with E-state index < -0.39 is 51.5 Å². The average molecular weight is 1130 g/mol. The summed E-state index contributed by atoms with van der Waals surface area (Å²) in [4.78, 5) is 86.3. The summed E-state index contributed by atoms with van der Waals surface area (Å²) in [6, 6.07) is 33.1. The molecule has 1 unspecified atom stereocenters. The van der Waals surface area contributed by atoms with Gasteiger partial charge in [-0.15, -0.1) is 17.2 Å². The zero-order valence-electron chi connectivity index (χ0n) is 37.0. The van der Waals surface area contributed by atoms with E-state index in [1.54, 1.807) is 40.2 Å². The molecule has 1 atom stereocenters. The molecule has 19 nitrogen and oxygen atoms in total. The summed E-state index contributed by atoms with van der Waals surface area (Å²) in [6.07, 6.45) is 11.0. The first-order valence-electron chi connectivity index (χ1n) is 21.5. The first-order valence-corrected chi connectivity index (χ1v) is 23.1. The van der Waals surface area contributed by atoms with Gasteiger partial charge in [-0.2, -0.15) is 67.1 Å². The molecule has 0 saturated carbocycles. The number of para-hydroxylation sites is 2. The third-order valence-corrected chi connectivity index (χ3v) is 10.8. The van der Waals surface area contributed by atoms with Gasteiger partial charge in [-0.25, -0.2) is 4.79 Å². The van der Waals surface area contributed by atoms with Gasteiger partial charge in [-0.3, -0.25) is 47.9 Å². The fourth-order valence-electron chi connectivity index (χ4n) is 6.78. The number of Topliss-reactive ketones (excluding diaryl/α,β-unsaturated/α-hetero) is 1. The number of nitrogens with zero attached hydrogens (tertiary/aromatic N) is 7. The Labute approximate surface area is 410 Å². The first kappa shape index (κ1) is 52.6. The quantitative estimate of drug-likeness (QED) is 0.0347. The van der Waals surface area contributed by atoms with Gasteiger partial charge in [0, 0.05) is 113 Å². The van der Waals surface area contributed by atoms with Crippen LogP contribution in [0.2, 0.25) is 0 Å². The molecular formula is C48H47IrN9O10S-2. The maximum absolute atomic E-state index is 12.7. The van der Waals surface area contributed by atoms with Crippen LogP contribution in [0.25, 0.3) is 33.2 Å². The largest absolute Gasteiger partial charge is 0.354 e. The topological polar surface area (TPSA) is 255 Å². The maximum Gasteiger partial charge on any atom is 0.333 e. The fraction of sp³-hybridized carbons (Fsp3) is 0.250. The number of fused-ring (bicyclic) bond motifs is 3. The summed E-state index contributed by atoms with van der Waals surface area (Å²) in [6.45, 7) is -0.00438. The number of hydrogen-bond donors (Lipinski definition) is 3. The summed E-state index contributed by atoms with van der Waals surface area (Å²) < 4.78 is 35.8. The van der Waals surface area contributed by atoms with Crippen molar-refractivity contribution < 1.29 is 66.7 Å². The Balaban J connectivity index is 0.000000310. The van der Waals surface area contributed by atoms with Crippen LogP contribution in [-0.4, -0.2) is 101 Å². The van der Waals surface area contributed by atoms with E-state index in [9.17, 15) is 41.7 Å². The van der Waals surface area contributed by atoms with Crippen molar-refractivity contribution in [1.82, 2.24) is 45.2 Å². The van der Waals surface area contributed by atoms with Gasteiger partial charge in [-0.05, 0) is 60.5 Å². The smallest absolute Gasteiger partial charge is 0.333 e. The Morgan fingerprint density at radius 1 is 0.725 bits per heavy atom. The third kappa shape index (κ3) is 16.5. The molecule has 1 fully saturated rings. The minimum Gasteiger partial charge on any atom is -0.354 e. The number of aromatic nitrogens is 6. The number of ketones is 1. The monoisotopic (exact) mass is 1130 g/mol. The molecule has 361 valence electrons. The molecule has 1 saturated heterocycles. The van der Waals surface area contributed by atoms with Gasteiger partial charge in [-0.1, -0.05) is 18.2 Å². The Hall–Kier alpha value is -7.32. The summed E-state index contributed by atoms with van der Waals surface area (Å²) in [5.74, 6) is -4.75. The van der Waals surface area contributed by atoms with Crippen LogP contribution >= 0.6 is 0 Å². The molecular weight excluding hydrogens is 1090 g/mol. The van der Waals surface area contributed by atoms with Crippen molar-refractivity contribution in [2.75, 3.05) is 12.3 Å². The van der Waals surface area contributed by atoms with Gasteiger partial charge in [0.1, 0.15) is 17.6 Å². The first-order chi connectivity index (χ1) is 32.8. The van der Waals surface area contributed by atoms with Gasteiger partial charge in [0.2, 0.25) is 11.8 Å². The second kappa shape index (κ2) is 26.3. The maximum atomic E-state index is 12.7. The number of unbranched alkanes of at least 4 members (excludes halogenated alkanes) is 1. The van der Waals surface area contributed by atoms with Crippen molar-refractivity contribution in [2.45, 2.75) is 63.8 Å². The molecule has 1 aliphatic rings. The molecule has 8 rings (SSSR count). The number of amides is 4. The third-order valence-electron chi connectivity index (χ3n) is 10.0. The van der Waals surface area contributed by atoms with E-state index in [4.69, 9.17) is 4.84 Å². The summed E-state index contributed by atoms with van der Waals surface area (Å²) in [5.41, 5.74) is 4.12. The van der Waals surface area contributed by atoms with Crippen molar-refractivity contribution in [3.63, 3.8) is 0 Å². The molecule has 1 aliphatic heterocycles. The minimum absolute atomic E-state index is 0. The van der Waals surface area contributed by atoms with Crippen LogP contribution in [0.5, 0.6) is 0 Å². The SMILES string of the molecule is O=C(CCCC(=O)NC(CS(=O)(=O)O)C(=O)NCCCCC(=O)ON1C(=O)CCC1=O)Cc1ccnc2c1ccc1cccnc12.[Ir].[c-]1ccccc1-n1cccn1.[c-]1ccccc1-n1cccn1. The molecule has 7 aromatic rings. The van der Waals surface area contributed by atoms with Gasteiger partial charge in [0.05, 0.1) is 11.0 Å². The van der Waals surface area contributed by atoms with E-state index in [1.807, 2.05) is 97.3 Å². The number of carbonyl (C=O) groups excluding carboxylic acids is 6. The molecule has 0 spiro atoms. The van der Waals surface area contributed by atoms with E-state index >= 15 is 0 Å². The van der Waals surface area contributed by atoms with Crippen LogP contribution in [0.3, 0.4) is 0 Å². The fourth-order valence-corrected chi connectivity index (χ4v) is 7.44. The number of imide groups is 1. The minimum atomic E-state index is -4.64. The van der Waals surface area contributed by atoms with Crippen molar-refractivity contribution >= 4 is 67.3 Å². The van der Waals surface area contributed by atoms with Gasteiger partial charge in [0.25, 0.3) is 21.9 Å². The number of benzene rings is 3. The van der Waals surface area contributed by atoms with Crippen LogP contribution in [0.4, 0.5) is 0 Å². The van der Waals surface area contributed by atoms with E-state index in [1.165, 1.54) is 0 Å². The zero-order valence-corrected chi connectivity index (χ0v) is 40.2. The average Bonchev–Trinajstić information content (AvgIpc) is 4.14. The number of carbonyl (C=O) groups is 6. The number of nitrogens with one attached hydrogen (secondary N) is 2. The number of rotatable bonds is 18. The van der Waals surface area contributed by atoms with Gasteiger partial charge < -0.3 is 15.5 Å². The van der Waals surface area contributed by atoms with Gasteiger partial charge in [0.15, 0.2) is 0 Å². The van der Waals surface area contributed by atoms with E-state index in [0.29, 0.717) is 10.6 Å². The molecule has 0 bridgehead atoms. The van der Waals surface area contributed by atoms with Crippen molar-refractivity contribution in [2.24, 2.45) is 0 Å². The Kier molecular flexibility index (Phi) is 20.1. The van der Waals surface area contributed by atoms with Crippen LogP contribution in [0, 0.1) is 12.1 Å². The normalized spacial score (nSPS) is 12.4. The number of hydroxylamine groups is 2. The second-order valence-electron chi connectivity index (χ2n) is 15.1. The van der Waals surface area contributed by atoms with Crippen LogP contribution in [0.1, 0.15) is 56.9 Å². The van der Waals surface area contributed by atoms with Crippen molar-refractivity contribution in [3.8, 4) is 11.4 Å². The molecule has 0 aliphatic carbocycles. The van der Waals surface area contributed by atoms with E-state index in [2.05, 4.69) is 42.9 Å². The number of hydrogen-bond acceptors (Lipinski definition) is 13. The second-order valence-corrected chi connectivity index (χ2v) is 16.6. The molecule has 3 N–H and O–H groups in total. The van der Waals surface area contributed by atoms with Crippen LogP contribution in [-0.2, 0) is 70.2 Å². The van der Waals surface area contributed by atoms with Gasteiger partial charge >= 0.3 is 5.97 Å². The standard InChI is InChI=1S/C30H33N5O10S.2C9H7N2.Ir/c36-21(17-20-13-16-32-29-22(20)10-9-19-5-4-15-31-28(19)29)6-3-7-24(37)34-23(18-46(42,43)44)30(41)33-14-2-1-8-27(40)45-35-25(38)11-12-26(35)39;2*1-2-5-9(6-3-1)11-8-4-7-10-11;/h4-5,9-10,13,15-16,23H,1-3,6-8,11-12,14,17-18H2,(H,33,41)(H,34,37)(H,42,43,44);2*1-5,7-8H;/q;2*-1;. The number of pyridine rings is 2. The van der Waals surface area contributed by atoms with Crippen molar-refractivity contribution in [1.29, 1.82) is 0 Å². The Morgan fingerprint density at radius 3 is 1.97 bits per heavy atom. The molecule has 1 radical (unpaired) electrons. The van der Waals surface area contributed by atoms with Crippen molar-refractivity contribution in [3.05, 3.63) is 146 Å².